The lowest BCUT2D eigenvalue weighted by atomic mass is 10.2. The minimum atomic E-state index is -0.260. The van der Waals surface area contributed by atoms with Gasteiger partial charge in [0.15, 0.2) is 5.65 Å². The fourth-order valence-electron chi connectivity index (χ4n) is 2.02. The Kier molecular flexibility index (Phi) is 4.18. The van der Waals surface area contributed by atoms with Crippen molar-refractivity contribution >= 4 is 17.4 Å². The number of aromatic nitrogens is 4. The molecule has 0 bridgehead atoms. The van der Waals surface area contributed by atoms with Crippen molar-refractivity contribution in [2.45, 2.75) is 26.4 Å². The van der Waals surface area contributed by atoms with E-state index in [0.29, 0.717) is 22.9 Å². The molecule has 23 heavy (non-hydrogen) atoms. The van der Waals surface area contributed by atoms with E-state index in [1.807, 2.05) is 13.8 Å². The summed E-state index contributed by atoms with van der Waals surface area (Å²) in [7, 11) is 0. The van der Waals surface area contributed by atoms with Gasteiger partial charge in [-0.3, -0.25) is 4.79 Å². The molecule has 0 saturated heterocycles. The predicted molar refractivity (Wildman–Crippen MR) is 85.6 cm³/mol. The Morgan fingerprint density at radius 1 is 1.26 bits per heavy atom. The number of hydrogen-bond acceptors (Lipinski definition) is 5. The van der Waals surface area contributed by atoms with E-state index in [1.165, 1.54) is 0 Å². The summed E-state index contributed by atoms with van der Waals surface area (Å²) in [6, 6.07) is 6.72. The molecule has 1 N–H and O–H groups in total. The van der Waals surface area contributed by atoms with Crippen LogP contribution in [-0.2, 0) is 0 Å². The molecule has 0 aromatic carbocycles. The predicted octanol–water partition coefficient (Wildman–Crippen LogP) is 2.55. The number of anilines is 1. The van der Waals surface area contributed by atoms with E-state index < -0.39 is 0 Å². The number of rotatable bonds is 5. The van der Waals surface area contributed by atoms with Crippen LogP contribution in [0.3, 0.4) is 0 Å². The maximum atomic E-state index is 12.4. The van der Waals surface area contributed by atoms with Crippen molar-refractivity contribution in [3.8, 4) is 5.88 Å². The molecule has 3 rings (SSSR count). The Labute approximate surface area is 133 Å². The lowest BCUT2D eigenvalue weighted by Crippen LogP contribution is -2.16. The van der Waals surface area contributed by atoms with E-state index >= 15 is 0 Å². The van der Waals surface area contributed by atoms with E-state index in [1.54, 1.807) is 47.4 Å². The molecular formula is C16H17N5O2. The van der Waals surface area contributed by atoms with Gasteiger partial charge in [-0.15, -0.1) is 0 Å². The minimum Gasteiger partial charge on any atom is -0.475 e. The molecule has 0 spiro atoms. The van der Waals surface area contributed by atoms with Gasteiger partial charge in [0.1, 0.15) is 5.82 Å². The Hall–Kier alpha value is -2.96. The van der Waals surface area contributed by atoms with Crippen molar-refractivity contribution in [3.63, 3.8) is 0 Å². The zero-order chi connectivity index (χ0) is 16.2. The number of fused-ring (bicyclic) bond motifs is 1. The lowest BCUT2D eigenvalue weighted by Gasteiger charge is -2.12. The van der Waals surface area contributed by atoms with E-state index in [2.05, 4.69) is 20.4 Å². The third-order valence-electron chi connectivity index (χ3n) is 3.43. The van der Waals surface area contributed by atoms with Crippen molar-refractivity contribution in [2.75, 3.05) is 5.32 Å². The van der Waals surface area contributed by atoms with Crippen molar-refractivity contribution in [3.05, 3.63) is 48.4 Å². The number of carbonyl (C=O) groups excluding carboxylic acids is 1. The van der Waals surface area contributed by atoms with Gasteiger partial charge in [-0.2, -0.15) is 9.61 Å². The SMILES string of the molecule is CCC(C)Oc1cc(C(=O)Nc2ccnc3ccnn23)ccn1. The second-order valence-electron chi connectivity index (χ2n) is 5.10. The van der Waals surface area contributed by atoms with Crippen molar-refractivity contribution < 1.29 is 9.53 Å². The monoisotopic (exact) mass is 311 g/mol. The Morgan fingerprint density at radius 2 is 2.09 bits per heavy atom. The number of ether oxygens (including phenoxy) is 1. The van der Waals surface area contributed by atoms with Crippen LogP contribution in [0, 0.1) is 0 Å². The summed E-state index contributed by atoms with van der Waals surface area (Å²) in [6.45, 7) is 3.99. The molecule has 3 heterocycles. The Balaban J connectivity index is 1.80. The van der Waals surface area contributed by atoms with Gasteiger partial charge in [-0.25, -0.2) is 9.97 Å². The number of amides is 1. The van der Waals surface area contributed by atoms with Crippen LogP contribution in [0.25, 0.3) is 5.65 Å². The number of hydrogen-bond donors (Lipinski definition) is 1. The lowest BCUT2D eigenvalue weighted by molar-refractivity contribution is 0.102. The van der Waals surface area contributed by atoms with Gasteiger partial charge < -0.3 is 10.1 Å². The smallest absolute Gasteiger partial charge is 0.257 e. The molecule has 3 aromatic heterocycles. The first-order valence-corrected chi connectivity index (χ1v) is 7.40. The fourth-order valence-corrected chi connectivity index (χ4v) is 2.02. The highest BCUT2D eigenvalue weighted by Gasteiger charge is 2.11. The molecule has 0 aliphatic carbocycles. The van der Waals surface area contributed by atoms with Crippen LogP contribution < -0.4 is 10.1 Å². The second kappa shape index (κ2) is 6.43. The largest absolute Gasteiger partial charge is 0.475 e. The van der Waals surface area contributed by atoms with Gasteiger partial charge in [0.05, 0.1) is 12.3 Å². The van der Waals surface area contributed by atoms with Gasteiger partial charge in [-0.1, -0.05) is 6.92 Å². The summed E-state index contributed by atoms with van der Waals surface area (Å²) in [5.74, 6) is 0.724. The summed E-state index contributed by atoms with van der Waals surface area (Å²) in [5.41, 5.74) is 1.13. The third-order valence-corrected chi connectivity index (χ3v) is 3.43. The summed E-state index contributed by atoms with van der Waals surface area (Å²) in [6.07, 6.45) is 5.72. The Morgan fingerprint density at radius 3 is 2.91 bits per heavy atom. The average molecular weight is 311 g/mol. The zero-order valence-electron chi connectivity index (χ0n) is 12.9. The van der Waals surface area contributed by atoms with Crippen LogP contribution >= 0.6 is 0 Å². The van der Waals surface area contributed by atoms with E-state index in [0.717, 1.165) is 6.42 Å². The fraction of sp³-hybridized carbons (Fsp3) is 0.250. The number of nitrogens with one attached hydrogen (secondary N) is 1. The molecule has 118 valence electrons. The summed E-state index contributed by atoms with van der Waals surface area (Å²) in [4.78, 5) is 20.7. The topological polar surface area (TPSA) is 81.4 Å². The number of nitrogens with zero attached hydrogens (tertiary/aromatic N) is 4. The van der Waals surface area contributed by atoms with Crippen LogP contribution in [0.1, 0.15) is 30.6 Å². The van der Waals surface area contributed by atoms with Gasteiger partial charge in [0, 0.05) is 30.1 Å². The van der Waals surface area contributed by atoms with E-state index in [9.17, 15) is 4.79 Å². The molecule has 3 aromatic rings. The molecular weight excluding hydrogens is 294 g/mol. The van der Waals surface area contributed by atoms with Gasteiger partial charge >= 0.3 is 0 Å². The molecule has 7 heteroatoms. The second-order valence-corrected chi connectivity index (χ2v) is 5.10. The first kappa shape index (κ1) is 15.0. The summed E-state index contributed by atoms with van der Waals surface area (Å²) < 4.78 is 7.21. The molecule has 0 fully saturated rings. The van der Waals surface area contributed by atoms with Crippen LogP contribution in [-0.4, -0.2) is 31.6 Å². The zero-order valence-corrected chi connectivity index (χ0v) is 12.9. The quantitative estimate of drug-likeness (QED) is 0.783. The molecule has 0 radical (unpaired) electrons. The van der Waals surface area contributed by atoms with Crippen molar-refractivity contribution in [1.29, 1.82) is 0 Å². The standard InChI is InChI=1S/C16H17N5O2/c1-3-11(2)23-15-10-12(4-7-18-15)16(22)20-14-5-8-17-13-6-9-19-21(13)14/h4-11H,3H2,1-2H3,(H,20,22). The molecule has 0 aliphatic rings. The third kappa shape index (κ3) is 3.28. The Bertz CT molecular complexity index is 830. The average Bonchev–Trinajstić information content (AvgIpc) is 3.04. The minimum absolute atomic E-state index is 0.0460. The van der Waals surface area contributed by atoms with Crippen LogP contribution in [0.4, 0.5) is 5.82 Å². The van der Waals surface area contributed by atoms with Gasteiger partial charge in [0.2, 0.25) is 5.88 Å². The van der Waals surface area contributed by atoms with Gasteiger partial charge in [0.25, 0.3) is 5.91 Å². The van der Waals surface area contributed by atoms with Crippen molar-refractivity contribution in [2.24, 2.45) is 0 Å². The van der Waals surface area contributed by atoms with E-state index in [4.69, 9.17) is 4.74 Å². The molecule has 1 atom stereocenters. The highest BCUT2D eigenvalue weighted by atomic mass is 16.5. The van der Waals surface area contributed by atoms with Crippen LogP contribution in [0.5, 0.6) is 5.88 Å². The van der Waals surface area contributed by atoms with Gasteiger partial charge in [-0.05, 0) is 25.5 Å². The van der Waals surface area contributed by atoms with Crippen LogP contribution in [0.15, 0.2) is 42.9 Å². The molecule has 0 saturated carbocycles. The normalized spacial score (nSPS) is 12.1. The number of pyridine rings is 1. The first-order chi connectivity index (χ1) is 11.2. The highest BCUT2D eigenvalue weighted by Crippen LogP contribution is 2.15. The summed E-state index contributed by atoms with van der Waals surface area (Å²) >= 11 is 0. The maximum absolute atomic E-state index is 12.4. The first-order valence-electron chi connectivity index (χ1n) is 7.40. The van der Waals surface area contributed by atoms with Crippen LogP contribution in [0.2, 0.25) is 0 Å². The maximum Gasteiger partial charge on any atom is 0.257 e. The summed E-state index contributed by atoms with van der Waals surface area (Å²) in [5, 5.41) is 6.96. The van der Waals surface area contributed by atoms with E-state index in [-0.39, 0.29) is 12.0 Å². The number of carbonyl (C=O) groups is 1. The molecule has 1 unspecified atom stereocenters. The molecule has 1 amide bonds. The molecule has 7 nitrogen and oxygen atoms in total. The molecule has 0 aliphatic heterocycles. The van der Waals surface area contributed by atoms with Crippen molar-refractivity contribution in [1.82, 2.24) is 19.6 Å². The highest BCUT2D eigenvalue weighted by molar-refractivity contribution is 6.04.